The van der Waals surface area contributed by atoms with E-state index in [1.54, 1.807) is 0 Å². The second-order valence-electron chi connectivity index (χ2n) is 3.82. The van der Waals surface area contributed by atoms with Gasteiger partial charge in [0, 0.05) is 18.2 Å². The van der Waals surface area contributed by atoms with E-state index in [1.165, 1.54) is 23.8 Å². The second-order valence-corrected chi connectivity index (χ2v) is 6.02. The largest absolute Gasteiger partial charge is 0.494 e. The van der Waals surface area contributed by atoms with Gasteiger partial charge in [0.2, 0.25) is 0 Å². The second kappa shape index (κ2) is 8.01. The lowest BCUT2D eigenvalue weighted by Gasteiger charge is -2.04. The van der Waals surface area contributed by atoms with Crippen molar-refractivity contribution in [2.24, 2.45) is 0 Å². The summed E-state index contributed by atoms with van der Waals surface area (Å²) in [6.45, 7) is 0. The highest BCUT2D eigenvalue weighted by Crippen LogP contribution is 2.35. The average Bonchev–Trinajstić information content (AvgIpc) is 2.75. The third-order valence-corrected chi connectivity index (χ3v) is 4.02. The molecular formula is C12H13BrO6S. The molecule has 0 aliphatic rings. The van der Waals surface area contributed by atoms with E-state index in [2.05, 4.69) is 20.7 Å². The lowest BCUT2D eigenvalue weighted by molar-refractivity contribution is -0.139. The van der Waals surface area contributed by atoms with Crippen molar-refractivity contribution in [1.82, 2.24) is 0 Å². The molecule has 0 radical (unpaired) electrons. The molecule has 0 spiro atoms. The number of esters is 2. The maximum atomic E-state index is 11.8. The van der Waals surface area contributed by atoms with Crippen LogP contribution < -0.4 is 4.74 Å². The number of carboxylic acids is 1. The van der Waals surface area contributed by atoms with E-state index in [1.807, 2.05) is 0 Å². The fraction of sp³-hybridized carbons (Fsp3) is 0.417. The summed E-state index contributed by atoms with van der Waals surface area (Å²) in [4.78, 5) is 33.5. The fourth-order valence-electron chi connectivity index (χ4n) is 1.41. The first-order valence-electron chi connectivity index (χ1n) is 5.73. The molecule has 0 aromatic carbocycles. The van der Waals surface area contributed by atoms with Gasteiger partial charge in [0.15, 0.2) is 5.75 Å². The lowest BCUT2D eigenvalue weighted by atomic mass is 10.2. The van der Waals surface area contributed by atoms with Crippen molar-refractivity contribution in [2.75, 3.05) is 7.11 Å². The number of rotatable bonds is 7. The number of unbranched alkanes of at least 4 members (excludes halogenated alkanes) is 1. The first-order chi connectivity index (χ1) is 9.45. The molecular weight excluding hydrogens is 352 g/mol. The molecule has 0 fully saturated rings. The Kier molecular flexibility index (Phi) is 6.66. The molecule has 0 saturated heterocycles. The molecule has 1 heterocycles. The smallest absolute Gasteiger partial charge is 0.350 e. The van der Waals surface area contributed by atoms with Crippen LogP contribution in [0.3, 0.4) is 0 Å². The van der Waals surface area contributed by atoms with Crippen LogP contribution in [0.4, 0.5) is 0 Å². The van der Waals surface area contributed by atoms with Gasteiger partial charge in [-0.3, -0.25) is 9.59 Å². The van der Waals surface area contributed by atoms with Crippen molar-refractivity contribution in [3.05, 3.63) is 14.7 Å². The maximum Gasteiger partial charge on any atom is 0.350 e. The number of thiophene rings is 1. The molecule has 20 heavy (non-hydrogen) atoms. The summed E-state index contributed by atoms with van der Waals surface area (Å²) >= 11 is 4.47. The number of carbonyl (C=O) groups is 3. The lowest BCUT2D eigenvalue weighted by Crippen LogP contribution is -2.12. The minimum atomic E-state index is -0.915. The van der Waals surface area contributed by atoms with Gasteiger partial charge in [-0.25, -0.2) is 4.79 Å². The predicted molar refractivity (Wildman–Crippen MR) is 75.1 cm³/mol. The van der Waals surface area contributed by atoms with E-state index in [0.29, 0.717) is 22.4 Å². The maximum absolute atomic E-state index is 11.8. The predicted octanol–water partition coefficient (Wildman–Crippen LogP) is 2.85. The van der Waals surface area contributed by atoms with Crippen molar-refractivity contribution in [3.8, 4) is 5.75 Å². The van der Waals surface area contributed by atoms with Gasteiger partial charge in [-0.15, -0.1) is 11.3 Å². The van der Waals surface area contributed by atoms with E-state index >= 15 is 0 Å². The number of ether oxygens (including phenoxy) is 2. The molecule has 1 N–H and O–H groups in total. The van der Waals surface area contributed by atoms with Gasteiger partial charge in [-0.1, -0.05) is 0 Å². The van der Waals surface area contributed by atoms with Crippen molar-refractivity contribution in [1.29, 1.82) is 0 Å². The normalized spacial score (nSPS) is 10.1. The Morgan fingerprint density at radius 2 is 1.95 bits per heavy atom. The van der Waals surface area contributed by atoms with Crippen LogP contribution in [-0.2, 0) is 14.3 Å². The van der Waals surface area contributed by atoms with Gasteiger partial charge in [-0.05, 0) is 28.8 Å². The number of hydrogen-bond acceptors (Lipinski definition) is 6. The Morgan fingerprint density at radius 3 is 2.55 bits per heavy atom. The van der Waals surface area contributed by atoms with Crippen LogP contribution in [-0.4, -0.2) is 30.1 Å². The van der Waals surface area contributed by atoms with Gasteiger partial charge < -0.3 is 14.6 Å². The van der Waals surface area contributed by atoms with E-state index in [0.717, 1.165) is 0 Å². The Bertz CT molecular complexity index is 510. The Balaban J connectivity index is 2.45. The van der Waals surface area contributed by atoms with Crippen LogP contribution in [0, 0.1) is 0 Å². The van der Waals surface area contributed by atoms with E-state index in [-0.39, 0.29) is 18.4 Å². The highest BCUT2D eigenvalue weighted by atomic mass is 79.9. The molecule has 0 bridgehead atoms. The summed E-state index contributed by atoms with van der Waals surface area (Å²) in [5.74, 6) is -2.03. The molecule has 0 atom stereocenters. The summed E-state index contributed by atoms with van der Waals surface area (Å²) in [5.41, 5.74) is 0.184. The molecule has 0 aliphatic carbocycles. The number of methoxy groups -OCH3 is 1. The van der Waals surface area contributed by atoms with Crippen LogP contribution in [0.25, 0.3) is 0 Å². The Hall–Kier alpha value is -1.41. The molecule has 0 unspecified atom stereocenters. The molecule has 110 valence electrons. The average molecular weight is 365 g/mol. The summed E-state index contributed by atoms with van der Waals surface area (Å²) < 4.78 is 10.3. The van der Waals surface area contributed by atoms with Crippen LogP contribution in [0.2, 0.25) is 0 Å². The van der Waals surface area contributed by atoms with Gasteiger partial charge in [0.25, 0.3) is 0 Å². The van der Waals surface area contributed by atoms with Crippen molar-refractivity contribution in [2.45, 2.75) is 25.7 Å². The van der Waals surface area contributed by atoms with E-state index in [4.69, 9.17) is 9.84 Å². The zero-order valence-corrected chi connectivity index (χ0v) is 13.1. The first-order valence-corrected chi connectivity index (χ1v) is 7.40. The minimum Gasteiger partial charge on any atom is -0.494 e. The molecule has 1 aromatic rings. The van der Waals surface area contributed by atoms with Gasteiger partial charge in [-0.2, -0.15) is 0 Å². The van der Waals surface area contributed by atoms with Crippen LogP contribution in [0.1, 0.15) is 36.0 Å². The highest BCUT2D eigenvalue weighted by Gasteiger charge is 2.21. The SMILES string of the molecule is COc1c(C(=O)OC(=O)CCCCC(=O)O)csc1Br. The van der Waals surface area contributed by atoms with Gasteiger partial charge in [0.1, 0.15) is 9.35 Å². The molecule has 6 nitrogen and oxygen atoms in total. The Labute approximate surface area is 127 Å². The first kappa shape index (κ1) is 16.6. The third kappa shape index (κ3) is 4.93. The van der Waals surface area contributed by atoms with Crippen LogP contribution >= 0.6 is 27.3 Å². The Morgan fingerprint density at radius 1 is 1.30 bits per heavy atom. The minimum absolute atomic E-state index is 0.00659. The fourth-order valence-corrected chi connectivity index (χ4v) is 2.79. The summed E-state index contributed by atoms with van der Waals surface area (Å²) in [6.07, 6.45) is 0.730. The number of aliphatic carboxylic acids is 1. The monoisotopic (exact) mass is 364 g/mol. The van der Waals surface area contributed by atoms with E-state index in [9.17, 15) is 14.4 Å². The molecule has 1 rings (SSSR count). The highest BCUT2D eigenvalue weighted by molar-refractivity contribution is 9.11. The van der Waals surface area contributed by atoms with Gasteiger partial charge in [0.05, 0.1) is 7.11 Å². The summed E-state index contributed by atoms with van der Waals surface area (Å²) in [6, 6.07) is 0. The molecule has 0 amide bonds. The molecule has 0 saturated carbocycles. The van der Waals surface area contributed by atoms with Crippen molar-refractivity contribution >= 4 is 45.2 Å². The van der Waals surface area contributed by atoms with Crippen LogP contribution in [0.15, 0.2) is 9.17 Å². The van der Waals surface area contributed by atoms with E-state index < -0.39 is 17.9 Å². The molecule has 0 aliphatic heterocycles. The third-order valence-electron chi connectivity index (χ3n) is 2.36. The van der Waals surface area contributed by atoms with Gasteiger partial charge >= 0.3 is 17.9 Å². The zero-order valence-electron chi connectivity index (χ0n) is 10.7. The standard InChI is InChI=1S/C12H13BrO6S/c1-18-10-7(6-20-11(10)13)12(17)19-9(16)5-3-2-4-8(14)15/h6H,2-5H2,1H3,(H,14,15). The quantitative estimate of drug-likeness (QED) is 0.454. The van der Waals surface area contributed by atoms with Crippen molar-refractivity contribution < 1.29 is 29.0 Å². The number of carboxylic acid groups (broad SMARTS) is 1. The molecule has 1 aromatic heterocycles. The zero-order chi connectivity index (χ0) is 15.1. The van der Waals surface area contributed by atoms with Crippen LogP contribution in [0.5, 0.6) is 5.75 Å². The topological polar surface area (TPSA) is 89.9 Å². The summed E-state index contributed by atoms with van der Waals surface area (Å²) in [5, 5.41) is 9.98. The van der Waals surface area contributed by atoms with Crippen molar-refractivity contribution in [3.63, 3.8) is 0 Å². The number of hydrogen-bond donors (Lipinski definition) is 1. The summed E-state index contributed by atoms with van der Waals surface area (Å²) in [7, 11) is 1.41. The number of halogens is 1. The molecule has 8 heteroatoms. The number of carbonyl (C=O) groups excluding carboxylic acids is 2.